The molecule has 4 aromatic heterocycles. The van der Waals surface area contributed by atoms with E-state index in [9.17, 15) is 9.18 Å². The summed E-state index contributed by atoms with van der Waals surface area (Å²) in [6, 6.07) is 5.27. The molecule has 0 unspecified atom stereocenters. The Balaban J connectivity index is 0.000000804. The quantitative estimate of drug-likeness (QED) is 0.298. The largest absolute Gasteiger partial charge is 0.483 e. The van der Waals surface area contributed by atoms with E-state index < -0.39 is 0 Å². The Bertz CT molecular complexity index is 1600. The van der Waals surface area contributed by atoms with E-state index in [-0.39, 0.29) is 37.5 Å². The predicted molar refractivity (Wildman–Crippen MR) is 144 cm³/mol. The van der Waals surface area contributed by atoms with Crippen LogP contribution < -0.4 is 5.73 Å². The highest BCUT2D eigenvalue weighted by molar-refractivity contribution is 7.13. The number of likely N-dealkylation sites (tertiary alicyclic amines) is 1. The van der Waals surface area contributed by atoms with Gasteiger partial charge in [0.2, 0.25) is 5.91 Å². The minimum Gasteiger partial charge on any atom is -0.483 e. The number of aromatic nitrogens is 4. The maximum absolute atomic E-state index is 14.2. The van der Waals surface area contributed by atoms with E-state index in [1.54, 1.807) is 19.2 Å². The summed E-state index contributed by atoms with van der Waals surface area (Å²) in [5.74, 6) is 0.667. The first-order valence-electron chi connectivity index (χ1n) is 11.5. The lowest BCUT2D eigenvalue weighted by Gasteiger charge is -2.31. The van der Waals surface area contributed by atoms with E-state index in [1.807, 2.05) is 28.0 Å². The summed E-state index contributed by atoms with van der Waals surface area (Å²) in [6.07, 6.45) is 8.80. The average Bonchev–Trinajstić information content (AvgIpc) is 3.65. The van der Waals surface area contributed by atoms with Gasteiger partial charge in [-0.05, 0) is 42.6 Å². The second-order valence-electron chi connectivity index (χ2n) is 8.63. The average molecular weight is 539 g/mol. The molecule has 1 aromatic carbocycles. The number of furan rings is 1. The fraction of sp³-hybridized carbons (Fsp3) is 0.269. The Labute approximate surface area is 221 Å². The van der Waals surface area contributed by atoms with E-state index in [4.69, 9.17) is 20.1 Å². The molecule has 0 aliphatic carbocycles. The SMILES string of the molecule is C.CC(=O)N1CCC(n2cc(-c3cnc(N)c4oc(-c5ccc(F)c6cnsc56)cc34)cn2)CC1.O=CO. The van der Waals surface area contributed by atoms with Crippen LogP contribution in [0.1, 0.15) is 33.2 Å². The van der Waals surface area contributed by atoms with Crippen molar-refractivity contribution >= 4 is 50.8 Å². The van der Waals surface area contributed by atoms with E-state index in [2.05, 4.69) is 14.5 Å². The number of pyridine rings is 1. The number of hydrogen-bond donors (Lipinski definition) is 2. The first kappa shape index (κ1) is 26.7. The fourth-order valence-corrected chi connectivity index (χ4v) is 5.43. The second kappa shape index (κ2) is 11.0. The molecule has 198 valence electrons. The van der Waals surface area contributed by atoms with Crippen molar-refractivity contribution in [1.29, 1.82) is 0 Å². The standard InChI is InChI=1S/C24H21FN6O2S.CH2O2.CH4/c1-13(32)30-6-4-15(5-7-30)31-12-14(9-28-31)18-10-27-24(26)22-17(18)8-21(33-22)16-2-3-20(25)19-11-29-34-23(16)19;2-1-3;/h2-3,8-12,15H,4-7H2,1H3,(H2,26,27);1H,(H,2,3);1H4. The minimum absolute atomic E-state index is 0. The van der Waals surface area contributed by atoms with Crippen molar-refractivity contribution in [2.24, 2.45) is 0 Å². The summed E-state index contributed by atoms with van der Waals surface area (Å²) in [5, 5.41) is 12.8. The van der Waals surface area contributed by atoms with Crippen molar-refractivity contribution in [1.82, 2.24) is 24.0 Å². The molecule has 0 atom stereocenters. The van der Waals surface area contributed by atoms with Gasteiger partial charge in [0, 0.05) is 59.9 Å². The number of nitrogens with two attached hydrogens (primary N) is 1. The fourth-order valence-electron chi connectivity index (χ4n) is 4.65. The number of carboxylic acid groups (broad SMARTS) is 1. The van der Waals surface area contributed by atoms with Gasteiger partial charge in [-0.1, -0.05) is 7.43 Å². The molecule has 5 heterocycles. The number of amides is 1. The first-order chi connectivity index (χ1) is 17.9. The number of carbonyl (C=O) groups is 2. The maximum atomic E-state index is 14.2. The van der Waals surface area contributed by atoms with Gasteiger partial charge in [-0.15, -0.1) is 0 Å². The van der Waals surface area contributed by atoms with Gasteiger partial charge in [0.05, 0.1) is 23.1 Å². The number of carbonyl (C=O) groups excluding carboxylic acids is 1. The van der Waals surface area contributed by atoms with Crippen molar-refractivity contribution in [3.8, 4) is 22.5 Å². The lowest BCUT2D eigenvalue weighted by Crippen LogP contribution is -2.37. The highest BCUT2D eigenvalue weighted by Gasteiger charge is 2.24. The van der Waals surface area contributed by atoms with Crippen LogP contribution in [0.4, 0.5) is 10.2 Å². The molecule has 6 rings (SSSR count). The van der Waals surface area contributed by atoms with Crippen molar-refractivity contribution in [2.45, 2.75) is 33.2 Å². The summed E-state index contributed by atoms with van der Waals surface area (Å²) >= 11 is 1.22. The van der Waals surface area contributed by atoms with Gasteiger partial charge >= 0.3 is 0 Å². The number of halogens is 1. The van der Waals surface area contributed by atoms with Crippen molar-refractivity contribution < 1.29 is 23.5 Å². The Morgan fingerprint density at radius 1 is 1.21 bits per heavy atom. The molecule has 38 heavy (non-hydrogen) atoms. The van der Waals surface area contributed by atoms with Crippen molar-refractivity contribution in [3.63, 3.8) is 0 Å². The van der Waals surface area contributed by atoms with Crippen LogP contribution in [0.2, 0.25) is 0 Å². The molecule has 0 spiro atoms. The Morgan fingerprint density at radius 3 is 2.66 bits per heavy atom. The number of nitrogen functional groups attached to an aromatic ring is 1. The van der Waals surface area contributed by atoms with E-state index in [0.717, 1.165) is 52.7 Å². The van der Waals surface area contributed by atoms with E-state index in [0.29, 0.717) is 16.7 Å². The zero-order chi connectivity index (χ0) is 26.1. The van der Waals surface area contributed by atoms with Gasteiger partial charge in [-0.3, -0.25) is 14.3 Å². The number of benzene rings is 1. The van der Waals surface area contributed by atoms with Crippen LogP contribution >= 0.6 is 11.5 Å². The van der Waals surface area contributed by atoms with Crippen LogP contribution in [0, 0.1) is 5.82 Å². The number of anilines is 1. The molecular formula is C26H27FN6O4S. The number of hydrogen-bond acceptors (Lipinski definition) is 8. The van der Waals surface area contributed by atoms with Crippen LogP contribution in [0.15, 0.2) is 47.4 Å². The Kier molecular flexibility index (Phi) is 7.72. The number of nitrogens with zero attached hydrogens (tertiary/aromatic N) is 5. The number of piperidine rings is 1. The molecule has 0 radical (unpaired) electrons. The third kappa shape index (κ3) is 4.82. The summed E-state index contributed by atoms with van der Waals surface area (Å²) < 4.78 is 27.1. The molecule has 0 saturated carbocycles. The zero-order valence-electron chi connectivity index (χ0n) is 19.8. The van der Waals surface area contributed by atoms with E-state index in [1.165, 1.54) is 23.8 Å². The minimum atomic E-state index is -0.313. The monoisotopic (exact) mass is 538 g/mol. The molecule has 1 aliphatic heterocycles. The number of rotatable bonds is 3. The maximum Gasteiger partial charge on any atom is 0.290 e. The third-order valence-corrected chi connectivity index (χ3v) is 7.35. The summed E-state index contributed by atoms with van der Waals surface area (Å²) in [4.78, 5) is 26.2. The van der Waals surface area contributed by atoms with Gasteiger partial charge < -0.3 is 20.2 Å². The molecule has 5 aromatic rings. The zero-order valence-corrected chi connectivity index (χ0v) is 20.6. The molecule has 0 bridgehead atoms. The summed E-state index contributed by atoms with van der Waals surface area (Å²) in [5.41, 5.74) is 9.14. The smallest absolute Gasteiger partial charge is 0.290 e. The number of fused-ring (bicyclic) bond motifs is 2. The van der Waals surface area contributed by atoms with Crippen molar-refractivity contribution in [3.05, 3.63) is 48.8 Å². The summed E-state index contributed by atoms with van der Waals surface area (Å²) in [7, 11) is 0. The van der Waals surface area contributed by atoms with Gasteiger partial charge in [0.1, 0.15) is 11.6 Å². The topological polar surface area (TPSA) is 140 Å². The second-order valence-corrected chi connectivity index (χ2v) is 9.43. The van der Waals surface area contributed by atoms with E-state index >= 15 is 0 Å². The molecule has 10 nitrogen and oxygen atoms in total. The summed E-state index contributed by atoms with van der Waals surface area (Å²) in [6.45, 7) is 2.83. The van der Waals surface area contributed by atoms with Crippen molar-refractivity contribution in [2.75, 3.05) is 18.8 Å². The first-order valence-corrected chi connectivity index (χ1v) is 12.3. The highest BCUT2D eigenvalue weighted by Crippen LogP contribution is 2.40. The highest BCUT2D eigenvalue weighted by atomic mass is 32.1. The third-order valence-electron chi connectivity index (χ3n) is 6.52. The molecule has 1 amide bonds. The normalized spacial score (nSPS) is 13.7. The van der Waals surface area contributed by atoms with Crippen LogP contribution in [0.3, 0.4) is 0 Å². The molecule has 1 fully saturated rings. The van der Waals surface area contributed by atoms with Crippen LogP contribution in [-0.2, 0) is 9.59 Å². The molecule has 12 heteroatoms. The van der Waals surface area contributed by atoms with Gasteiger partial charge in [0.15, 0.2) is 11.4 Å². The Morgan fingerprint density at radius 2 is 1.95 bits per heavy atom. The van der Waals surface area contributed by atoms with Gasteiger partial charge in [0.25, 0.3) is 6.47 Å². The molecule has 3 N–H and O–H groups in total. The Hall–Kier alpha value is -4.32. The van der Waals surface area contributed by atoms with Gasteiger partial charge in [-0.25, -0.2) is 9.37 Å². The molecule has 1 aliphatic rings. The van der Waals surface area contributed by atoms with Crippen LogP contribution in [-0.4, -0.2) is 54.6 Å². The lowest BCUT2D eigenvalue weighted by atomic mass is 10.0. The van der Waals surface area contributed by atoms with Crippen LogP contribution in [0.25, 0.3) is 43.5 Å². The predicted octanol–water partition coefficient (Wildman–Crippen LogP) is 5.21. The molecular weight excluding hydrogens is 511 g/mol. The van der Waals surface area contributed by atoms with Crippen LogP contribution in [0.5, 0.6) is 0 Å². The lowest BCUT2D eigenvalue weighted by molar-refractivity contribution is -0.130. The molecule has 1 saturated heterocycles. The van der Waals surface area contributed by atoms with Gasteiger partial charge in [-0.2, -0.15) is 9.47 Å².